The highest BCUT2D eigenvalue weighted by atomic mass is 32.2. The standard InChI is InChI=1S/C21H36N4O4S/c1-18(16-28-17-19-8-4-3-5-9-19)14-24-21(22-2)23-11-13-30(26,27)25-15-20-10-6-7-12-29-20/h3-5,8-9,18,20,25H,6-7,10-17H2,1-2H3,(H2,22,23,24). The van der Waals surface area contributed by atoms with Crippen molar-refractivity contribution in [3.05, 3.63) is 35.9 Å². The van der Waals surface area contributed by atoms with E-state index in [1.807, 2.05) is 30.3 Å². The summed E-state index contributed by atoms with van der Waals surface area (Å²) in [6, 6.07) is 10.1. The Bertz CT molecular complexity index is 722. The molecule has 1 heterocycles. The van der Waals surface area contributed by atoms with E-state index in [1.165, 1.54) is 0 Å². The van der Waals surface area contributed by atoms with Gasteiger partial charge >= 0.3 is 0 Å². The minimum Gasteiger partial charge on any atom is -0.377 e. The lowest BCUT2D eigenvalue weighted by Crippen LogP contribution is -2.43. The molecule has 9 heteroatoms. The largest absolute Gasteiger partial charge is 0.377 e. The molecule has 0 saturated carbocycles. The van der Waals surface area contributed by atoms with Gasteiger partial charge in [0.05, 0.1) is 25.1 Å². The summed E-state index contributed by atoms with van der Waals surface area (Å²) in [4.78, 5) is 4.15. The average molecular weight is 441 g/mol. The third-order valence-electron chi connectivity index (χ3n) is 4.82. The second-order valence-electron chi connectivity index (χ2n) is 7.64. The lowest BCUT2D eigenvalue weighted by molar-refractivity contribution is 0.0200. The van der Waals surface area contributed by atoms with E-state index in [0.29, 0.717) is 38.9 Å². The maximum absolute atomic E-state index is 12.2. The molecule has 3 N–H and O–H groups in total. The molecule has 2 unspecified atom stereocenters. The number of ether oxygens (including phenoxy) is 2. The summed E-state index contributed by atoms with van der Waals surface area (Å²) >= 11 is 0. The van der Waals surface area contributed by atoms with Gasteiger partial charge in [0.2, 0.25) is 10.0 Å². The van der Waals surface area contributed by atoms with Crippen molar-refractivity contribution >= 4 is 16.0 Å². The molecule has 1 aliphatic heterocycles. The first kappa shape index (κ1) is 24.6. The quantitative estimate of drug-likeness (QED) is 0.336. The predicted octanol–water partition coefficient (Wildman–Crippen LogP) is 1.49. The predicted molar refractivity (Wildman–Crippen MR) is 120 cm³/mol. The molecule has 2 rings (SSSR count). The second-order valence-corrected chi connectivity index (χ2v) is 9.57. The summed E-state index contributed by atoms with van der Waals surface area (Å²) in [5.74, 6) is 0.847. The van der Waals surface area contributed by atoms with Crippen LogP contribution in [0, 0.1) is 5.92 Å². The molecule has 0 amide bonds. The summed E-state index contributed by atoms with van der Waals surface area (Å²) in [5.41, 5.74) is 1.15. The van der Waals surface area contributed by atoms with E-state index >= 15 is 0 Å². The molecule has 1 saturated heterocycles. The van der Waals surface area contributed by atoms with Crippen LogP contribution in [0.2, 0.25) is 0 Å². The number of aliphatic imine (C=N–C) groups is 1. The minimum atomic E-state index is -3.35. The monoisotopic (exact) mass is 440 g/mol. The zero-order chi connectivity index (χ0) is 21.7. The molecule has 0 radical (unpaired) electrons. The fourth-order valence-corrected chi connectivity index (χ4v) is 4.02. The van der Waals surface area contributed by atoms with E-state index in [9.17, 15) is 8.42 Å². The molecule has 1 aromatic rings. The van der Waals surface area contributed by atoms with Crippen LogP contribution >= 0.6 is 0 Å². The number of sulfonamides is 1. The van der Waals surface area contributed by atoms with Crippen LogP contribution in [-0.4, -0.2) is 66.1 Å². The Morgan fingerprint density at radius 1 is 1.27 bits per heavy atom. The molecule has 0 aromatic heterocycles. The van der Waals surface area contributed by atoms with Gasteiger partial charge in [0.15, 0.2) is 5.96 Å². The van der Waals surface area contributed by atoms with Crippen LogP contribution < -0.4 is 15.4 Å². The highest BCUT2D eigenvalue weighted by Gasteiger charge is 2.17. The van der Waals surface area contributed by atoms with Gasteiger partial charge in [-0.2, -0.15) is 0 Å². The van der Waals surface area contributed by atoms with Crippen LogP contribution in [0.15, 0.2) is 35.3 Å². The van der Waals surface area contributed by atoms with E-state index in [2.05, 4.69) is 27.3 Å². The van der Waals surface area contributed by atoms with Crippen molar-refractivity contribution in [2.45, 2.75) is 38.9 Å². The van der Waals surface area contributed by atoms with E-state index in [-0.39, 0.29) is 24.3 Å². The van der Waals surface area contributed by atoms with E-state index < -0.39 is 10.0 Å². The fraction of sp³-hybridized carbons (Fsp3) is 0.667. The topological polar surface area (TPSA) is 101 Å². The number of hydrogen-bond acceptors (Lipinski definition) is 5. The molecule has 0 aliphatic carbocycles. The fourth-order valence-electron chi connectivity index (χ4n) is 3.07. The van der Waals surface area contributed by atoms with Crippen molar-refractivity contribution in [2.75, 3.05) is 45.6 Å². The van der Waals surface area contributed by atoms with E-state index in [0.717, 1.165) is 24.8 Å². The number of hydrogen-bond donors (Lipinski definition) is 3. The number of guanidine groups is 1. The Morgan fingerprint density at radius 2 is 2.07 bits per heavy atom. The van der Waals surface area contributed by atoms with Gasteiger partial charge < -0.3 is 20.1 Å². The van der Waals surface area contributed by atoms with Crippen LogP contribution in [0.1, 0.15) is 31.7 Å². The maximum atomic E-state index is 12.2. The summed E-state index contributed by atoms with van der Waals surface area (Å²) in [6.45, 7) is 5.32. The van der Waals surface area contributed by atoms with Gasteiger partial charge in [-0.25, -0.2) is 13.1 Å². The van der Waals surface area contributed by atoms with Crippen LogP contribution in [0.25, 0.3) is 0 Å². The molecular formula is C21H36N4O4S. The van der Waals surface area contributed by atoms with Crippen molar-refractivity contribution in [1.82, 2.24) is 15.4 Å². The molecule has 0 spiro atoms. The molecular weight excluding hydrogens is 404 g/mol. The van der Waals surface area contributed by atoms with Crippen LogP contribution in [-0.2, 0) is 26.1 Å². The summed E-state index contributed by atoms with van der Waals surface area (Å²) in [6.07, 6.45) is 3.04. The normalized spacial score (nSPS) is 18.7. The second kappa shape index (κ2) is 13.6. The maximum Gasteiger partial charge on any atom is 0.213 e. The SMILES string of the molecule is CN=C(NCCS(=O)(=O)NCC1CCCCO1)NCC(C)COCc1ccccc1. The van der Waals surface area contributed by atoms with Gasteiger partial charge in [-0.05, 0) is 30.7 Å². The Labute approximate surface area is 180 Å². The molecule has 1 aromatic carbocycles. The molecule has 8 nitrogen and oxygen atoms in total. The van der Waals surface area contributed by atoms with Crippen LogP contribution in [0.4, 0.5) is 0 Å². The minimum absolute atomic E-state index is 0.0125. The summed E-state index contributed by atoms with van der Waals surface area (Å²) in [7, 11) is -1.68. The molecule has 0 bridgehead atoms. The van der Waals surface area contributed by atoms with E-state index in [4.69, 9.17) is 9.47 Å². The molecule has 1 fully saturated rings. The van der Waals surface area contributed by atoms with Crippen molar-refractivity contribution in [3.63, 3.8) is 0 Å². The van der Waals surface area contributed by atoms with Crippen molar-refractivity contribution in [1.29, 1.82) is 0 Å². The van der Waals surface area contributed by atoms with Crippen molar-refractivity contribution in [2.24, 2.45) is 10.9 Å². The molecule has 1 aliphatic rings. The first-order chi connectivity index (χ1) is 14.5. The lowest BCUT2D eigenvalue weighted by atomic mass is 10.1. The Kier molecular flexibility index (Phi) is 11.1. The number of nitrogens with one attached hydrogen (secondary N) is 3. The van der Waals surface area contributed by atoms with Gasteiger partial charge in [0.25, 0.3) is 0 Å². The first-order valence-electron chi connectivity index (χ1n) is 10.6. The third kappa shape index (κ3) is 10.4. The van der Waals surface area contributed by atoms with Crippen LogP contribution in [0.5, 0.6) is 0 Å². The number of rotatable bonds is 12. The van der Waals surface area contributed by atoms with Crippen molar-refractivity contribution < 1.29 is 17.9 Å². The smallest absolute Gasteiger partial charge is 0.213 e. The average Bonchev–Trinajstić information content (AvgIpc) is 2.76. The lowest BCUT2D eigenvalue weighted by Gasteiger charge is -2.22. The number of benzene rings is 1. The Balaban J connectivity index is 1.58. The van der Waals surface area contributed by atoms with Gasteiger partial charge in [-0.3, -0.25) is 4.99 Å². The molecule has 2 atom stereocenters. The zero-order valence-corrected chi connectivity index (χ0v) is 18.9. The van der Waals surface area contributed by atoms with Gasteiger partial charge in [-0.15, -0.1) is 0 Å². The highest BCUT2D eigenvalue weighted by Crippen LogP contribution is 2.11. The van der Waals surface area contributed by atoms with Gasteiger partial charge in [-0.1, -0.05) is 37.3 Å². The van der Waals surface area contributed by atoms with Crippen LogP contribution in [0.3, 0.4) is 0 Å². The van der Waals surface area contributed by atoms with Gasteiger partial charge in [0, 0.05) is 33.3 Å². The summed E-state index contributed by atoms with van der Waals surface area (Å²) in [5, 5.41) is 6.26. The Hall–Kier alpha value is -1.68. The first-order valence-corrected chi connectivity index (χ1v) is 12.3. The number of nitrogens with zero attached hydrogens (tertiary/aromatic N) is 1. The summed E-state index contributed by atoms with van der Waals surface area (Å²) < 4.78 is 38.3. The molecule has 30 heavy (non-hydrogen) atoms. The Morgan fingerprint density at radius 3 is 2.77 bits per heavy atom. The van der Waals surface area contributed by atoms with Gasteiger partial charge in [0.1, 0.15) is 0 Å². The van der Waals surface area contributed by atoms with E-state index in [1.54, 1.807) is 7.05 Å². The highest BCUT2D eigenvalue weighted by molar-refractivity contribution is 7.89. The molecule has 170 valence electrons. The third-order valence-corrected chi connectivity index (χ3v) is 6.17. The zero-order valence-electron chi connectivity index (χ0n) is 18.1. The van der Waals surface area contributed by atoms with Crippen molar-refractivity contribution in [3.8, 4) is 0 Å².